The molecule has 0 saturated carbocycles. The Bertz CT molecular complexity index is 824. The maximum absolute atomic E-state index is 5.95. The maximum Gasteiger partial charge on any atom is 0.169 e. The van der Waals surface area contributed by atoms with Gasteiger partial charge in [-0.2, -0.15) is 0 Å². The highest BCUT2D eigenvalue weighted by molar-refractivity contribution is 5.69. The lowest BCUT2D eigenvalue weighted by Crippen LogP contribution is -2.25. The van der Waals surface area contributed by atoms with Crippen LogP contribution in [0.5, 0.6) is 5.75 Å². The summed E-state index contributed by atoms with van der Waals surface area (Å²) in [5.41, 5.74) is 2.41. The molecule has 1 heterocycles. The van der Waals surface area contributed by atoms with Gasteiger partial charge in [0, 0.05) is 12.1 Å². The maximum atomic E-state index is 5.95. The molecule has 2 aromatic rings. The van der Waals surface area contributed by atoms with Gasteiger partial charge < -0.3 is 4.74 Å². The standard InChI is InChI=1S/C37H60NO/c1-3-4-5-6-7-8-9-10-11-12-13-14-15-16-17-18-19-20-21-22-23-34-39-37-28-26-35(27-29-37)24-25-36-30-32-38(2)33-31-36/h24-33H,3-23,34H2,1-2H3/q+1/b25-24+. The van der Waals surface area contributed by atoms with Crippen LogP contribution < -0.4 is 9.30 Å². The molecular formula is C37H60NO+. The van der Waals surface area contributed by atoms with Crippen LogP contribution in [0.2, 0.25) is 0 Å². The van der Waals surface area contributed by atoms with E-state index in [1.165, 1.54) is 140 Å². The lowest BCUT2D eigenvalue weighted by Gasteiger charge is -2.07. The number of unbranched alkanes of at least 4 members (excludes halogenated alkanes) is 20. The molecule has 0 bridgehead atoms. The van der Waals surface area contributed by atoms with Crippen molar-refractivity contribution in [2.75, 3.05) is 6.61 Å². The van der Waals surface area contributed by atoms with Crippen LogP contribution in [0.25, 0.3) is 12.2 Å². The van der Waals surface area contributed by atoms with Gasteiger partial charge in [-0.1, -0.05) is 160 Å². The van der Waals surface area contributed by atoms with Gasteiger partial charge in [-0.15, -0.1) is 0 Å². The summed E-state index contributed by atoms with van der Waals surface area (Å²) in [6, 6.07) is 12.7. The molecule has 218 valence electrons. The van der Waals surface area contributed by atoms with Crippen LogP contribution in [0.1, 0.15) is 153 Å². The molecule has 2 rings (SSSR count). The van der Waals surface area contributed by atoms with E-state index >= 15 is 0 Å². The average Bonchev–Trinajstić information content (AvgIpc) is 2.96. The molecule has 39 heavy (non-hydrogen) atoms. The third-order valence-corrected chi connectivity index (χ3v) is 7.87. The summed E-state index contributed by atoms with van der Waals surface area (Å²) in [4.78, 5) is 0. The minimum atomic E-state index is 0.829. The summed E-state index contributed by atoms with van der Waals surface area (Å²) in [6.07, 6.45) is 38.3. The van der Waals surface area contributed by atoms with Gasteiger partial charge in [0.15, 0.2) is 12.4 Å². The van der Waals surface area contributed by atoms with Crippen LogP contribution in [0.4, 0.5) is 0 Å². The molecule has 0 spiro atoms. The van der Waals surface area contributed by atoms with E-state index in [0.717, 1.165) is 18.8 Å². The second-order valence-corrected chi connectivity index (χ2v) is 11.6. The fourth-order valence-corrected chi connectivity index (χ4v) is 5.22. The second-order valence-electron chi connectivity index (χ2n) is 11.6. The fraction of sp³-hybridized carbons (Fsp3) is 0.649. The van der Waals surface area contributed by atoms with Crippen molar-refractivity contribution in [3.8, 4) is 5.75 Å². The Morgan fingerprint density at radius 3 is 1.26 bits per heavy atom. The Morgan fingerprint density at radius 2 is 0.846 bits per heavy atom. The number of pyridine rings is 1. The highest BCUT2D eigenvalue weighted by Crippen LogP contribution is 2.17. The van der Waals surface area contributed by atoms with Crippen LogP contribution in [-0.2, 0) is 7.05 Å². The van der Waals surface area contributed by atoms with Crippen molar-refractivity contribution in [2.45, 2.75) is 142 Å². The largest absolute Gasteiger partial charge is 0.494 e. The van der Waals surface area contributed by atoms with Gasteiger partial charge in [0.1, 0.15) is 12.8 Å². The molecule has 0 aliphatic carbocycles. The lowest BCUT2D eigenvalue weighted by molar-refractivity contribution is -0.671. The van der Waals surface area contributed by atoms with Crippen molar-refractivity contribution in [3.63, 3.8) is 0 Å². The normalized spacial score (nSPS) is 11.4. The number of nitrogens with zero attached hydrogens (tertiary/aromatic N) is 1. The highest BCUT2D eigenvalue weighted by Gasteiger charge is 1.98. The van der Waals surface area contributed by atoms with E-state index in [-0.39, 0.29) is 0 Å². The number of aryl methyl sites for hydroxylation is 1. The molecule has 0 radical (unpaired) electrons. The zero-order valence-corrected chi connectivity index (χ0v) is 25.7. The topological polar surface area (TPSA) is 13.1 Å². The van der Waals surface area contributed by atoms with Crippen molar-refractivity contribution < 1.29 is 9.30 Å². The van der Waals surface area contributed by atoms with Crippen molar-refractivity contribution in [1.82, 2.24) is 0 Å². The van der Waals surface area contributed by atoms with Crippen LogP contribution in [-0.4, -0.2) is 6.61 Å². The quantitative estimate of drug-likeness (QED) is 0.0911. The van der Waals surface area contributed by atoms with E-state index < -0.39 is 0 Å². The monoisotopic (exact) mass is 534 g/mol. The van der Waals surface area contributed by atoms with Crippen molar-refractivity contribution >= 4 is 12.2 Å². The number of hydrogen-bond acceptors (Lipinski definition) is 1. The molecular weight excluding hydrogens is 474 g/mol. The van der Waals surface area contributed by atoms with Crippen LogP contribution in [0.15, 0.2) is 48.8 Å². The lowest BCUT2D eigenvalue weighted by atomic mass is 10.0. The number of benzene rings is 1. The summed E-state index contributed by atoms with van der Waals surface area (Å²) in [6.45, 7) is 3.13. The summed E-state index contributed by atoms with van der Waals surface area (Å²) in [5.74, 6) is 0.979. The van der Waals surface area contributed by atoms with Gasteiger partial charge in [0.2, 0.25) is 0 Å². The van der Waals surface area contributed by atoms with E-state index in [1.54, 1.807) is 0 Å². The van der Waals surface area contributed by atoms with Gasteiger partial charge in [0.25, 0.3) is 0 Å². The summed E-state index contributed by atoms with van der Waals surface area (Å²) in [5, 5.41) is 0. The molecule has 0 N–H and O–H groups in total. The molecule has 0 unspecified atom stereocenters. The average molecular weight is 535 g/mol. The predicted octanol–water partition coefficient (Wildman–Crippen LogP) is 11.3. The SMILES string of the molecule is CCCCCCCCCCCCCCCCCCCCCCCOc1ccc(/C=C/c2cc[n+](C)cc2)cc1. The fourth-order valence-electron chi connectivity index (χ4n) is 5.22. The Morgan fingerprint density at radius 1 is 0.487 bits per heavy atom. The Kier molecular flexibility index (Phi) is 20.2. The number of ether oxygens (including phenoxy) is 1. The Hall–Kier alpha value is -2.09. The summed E-state index contributed by atoms with van der Waals surface area (Å²) < 4.78 is 8.00. The molecule has 1 aromatic carbocycles. The molecule has 2 heteroatoms. The van der Waals surface area contributed by atoms with E-state index in [4.69, 9.17) is 4.74 Å². The number of aromatic nitrogens is 1. The summed E-state index contributed by atoms with van der Waals surface area (Å²) in [7, 11) is 2.04. The highest BCUT2D eigenvalue weighted by atomic mass is 16.5. The van der Waals surface area contributed by atoms with Gasteiger partial charge >= 0.3 is 0 Å². The first-order chi connectivity index (χ1) is 19.3. The minimum absolute atomic E-state index is 0.829. The molecule has 2 nitrogen and oxygen atoms in total. The molecule has 0 fully saturated rings. The predicted molar refractivity (Wildman–Crippen MR) is 171 cm³/mol. The Labute approximate surface area is 242 Å². The van der Waals surface area contributed by atoms with Gasteiger partial charge in [-0.05, 0) is 29.7 Å². The number of hydrogen-bond donors (Lipinski definition) is 0. The van der Waals surface area contributed by atoms with Crippen LogP contribution in [0.3, 0.4) is 0 Å². The molecule has 0 atom stereocenters. The first-order valence-corrected chi connectivity index (χ1v) is 16.6. The van der Waals surface area contributed by atoms with Crippen molar-refractivity contribution in [3.05, 3.63) is 59.9 Å². The van der Waals surface area contributed by atoms with Gasteiger partial charge in [-0.25, -0.2) is 4.57 Å². The van der Waals surface area contributed by atoms with Crippen LogP contribution in [0, 0.1) is 0 Å². The Balaban J connectivity index is 1.30. The molecule has 0 saturated heterocycles. The minimum Gasteiger partial charge on any atom is -0.494 e. The van der Waals surface area contributed by atoms with Crippen LogP contribution >= 0.6 is 0 Å². The van der Waals surface area contributed by atoms with Gasteiger partial charge in [-0.3, -0.25) is 0 Å². The first kappa shape index (κ1) is 33.1. The zero-order chi connectivity index (χ0) is 27.6. The molecule has 0 amide bonds. The van der Waals surface area contributed by atoms with Gasteiger partial charge in [0.05, 0.1) is 6.61 Å². The zero-order valence-electron chi connectivity index (χ0n) is 25.7. The third-order valence-electron chi connectivity index (χ3n) is 7.87. The molecule has 0 aliphatic rings. The number of rotatable bonds is 25. The first-order valence-electron chi connectivity index (χ1n) is 16.6. The second kappa shape index (κ2) is 23.8. The molecule has 0 aliphatic heterocycles. The smallest absolute Gasteiger partial charge is 0.169 e. The van der Waals surface area contributed by atoms with E-state index in [9.17, 15) is 0 Å². The van der Waals surface area contributed by atoms with E-state index in [2.05, 4.69) is 67.9 Å². The third kappa shape index (κ3) is 18.8. The summed E-state index contributed by atoms with van der Waals surface area (Å²) >= 11 is 0. The van der Waals surface area contributed by atoms with E-state index in [0.29, 0.717) is 0 Å². The van der Waals surface area contributed by atoms with E-state index in [1.807, 2.05) is 11.6 Å². The van der Waals surface area contributed by atoms with Crippen molar-refractivity contribution in [1.29, 1.82) is 0 Å². The molecule has 1 aromatic heterocycles. The van der Waals surface area contributed by atoms with Crippen molar-refractivity contribution in [2.24, 2.45) is 7.05 Å².